The molecule has 5 rings (SSSR count). The molecule has 4 heterocycles. The molecule has 1 aromatic carbocycles. The van der Waals surface area contributed by atoms with Crippen LogP contribution in [0.1, 0.15) is 54.6 Å². The number of carbonyl (C=O) groups is 2. The summed E-state index contributed by atoms with van der Waals surface area (Å²) in [5, 5.41) is 6.01. The number of carbonyl (C=O) groups excluding carboxylic acids is 2. The van der Waals surface area contributed by atoms with E-state index >= 15 is 0 Å². The summed E-state index contributed by atoms with van der Waals surface area (Å²) in [6, 6.07) is 15.3. The van der Waals surface area contributed by atoms with Gasteiger partial charge in [0.05, 0.1) is 11.1 Å². The van der Waals surface area contributed by atoms with Gasteiger partial charge in [0.1, 0.15) is 11.3 Å². The largest absolute Gasteiger partial charge is 0.348 e. The van der Waals surface area contributed by atoms with Crippen molar-refractivity contribution in [3.63, 3.8) is 0 Å². The highest BCUT2D eigenvalue weighted by atomic mass is 16.2. The smallest absolute Gasteiger partial charge is 0.255 e. The maximum absolute atomic E-state index is 13.0. The van der Waals surface area contributed by atoms with Crippen LogP contribution in [0, 0.1) is 27.7 Å². The number of aromatic nitrogens is 4. The first-order valence-corrected chi connectivity index (χ1v) is 11.9. The second-order valence-corrected chi connectivity index (χ2v) is 9.06. The van der Waals surface area contributed by atoms with Crippen LogP contribution in [0.15, 0.2) is 60.9 Å². The first-order chi connectivity index (χ1) is 17.3. The third kappa shape index (κ3) is 4.33. The van der Waals surface area contributed by atoms with Gasteiger partial charge < -0.3 is 19.4 Å². The number of rotatable bonds is 6. The van der Waals surface area contributed by atoms with Gasteiger partial charge >= 0.3 is 0 Å². The van der Waals surface area contributed by atoms with E-state index in [1.165, 1.54) is 0 Å². The van der Waals surface area contributed by atoms with Gasteiger partial charge in [0, 0.05) is 48.3 Å². The summed E-state index contributed by atoms with van der Waals surface area (Å²) in [5.41, 5.74) is 7.99. The van der Waals surface area contributed by atoms with Crippen molar-refractivity contribution in [2.24, 2.45) is 0 Å². The maximum Gasteiger partial charge on any atom is 0.255 e. The fourth-order valence-electron chi connectivity index (χ4n) is 4.59. The molecule has 0 fully saturated rings. The number of benzene rings is 1. The van der Waals surface area contributed by atoms with Crippen LogP contribution < -0.4 is 10.6 Å². The minimum absolute atomic E-state index is 0.189. The standard InChI is InChI=1S/C28H28N6O2/c1-17-13-19(3)33-11-9-23(25(33)31-17)27(35)29-15-21-7-5-6-8-22(21)16-30-28(36)24-10-12-34-20(4)14-18(2)32-26(24)34/h5-14H,15-16H2,1-4H3,(H,29,35)(H,30,36). The van der Waals surface area contributed by atoms with Gasteiger partial charge in [0.2, 0.25) is 0 Å². The molecule has 182 valence electrons. The minimum Gasteiger partial charge on any atom is -0.348 e. The molecule has 8 heteroatoms. The van der Waals surface area contributed by atoms with Gasteiger partial charge in [0.25, 0.3) is 11.8 Å². The normalized spacial score (nSPS) is 11.2. The first kappa shape index (κ1) is 23.3. The molecule has 0 aliphatic carbocycles. The average Bonchev–Trinajstić information content (AvgIpc) is 3.46. The quantitative estimate of drug-likeness (QED) is 0.383. The van der Waals surface area contributed by atoms with Crippen LogP contribution in [0.5, 0.6) is 0 Å². The molecule has 0 saturated heterocycles. The molecular weight excluding hydrogens is 452 g/mol. The van der Waals surface area contributed by atoms with E-state index in [-0.39, 0.29) is 11.8 Å². The summed E-state index contributed by atoms with van der Waals surface area (Å²) < 4.78 is 3.82. The number of nitrogens with zero attached hydrogens (tertiary/aromatic N) is 4. The van der Waals surface area contributed by atoms with E-state index in [0.717, 1.165) is 33.9 Å². The average molecular weight is 481 g/mol. The predicted molar refractivity (Wildman–Crippen MR) is 138 cm³/mol. The highest BCUT2D eigenvalue weighted by Gasteiger charge is 2.16. The highest BCUT2D eigenvalue weighted by Crippen LogP contribution is 2.17. The Kier molecular flexibility index (Phi) is 6.01. The number of amides is 2. The molecule has 2 N–H and O–H groups in total. The molecule has 0 radical (unpaired) electrons. The van der Waals surface area contributed by atoms with Gasteiger partial charge in [-0.1, -0.05) is 24.3 Å². The molecule has 0 spiro atoms. The number of aryl methyl sites for hydroxylation is 4. The van der Waals surface area contributed by atoms with E-state index in [1.54, 1.807) is 12.1 Å². The van der Waals surface area contributed by atoms with Crippen molar-refractivity contribution in [3.8, 4) is 0 Å². The molecule has 2 amide bonds. The highest BCUT2D eigenvalue weighted by molar-refractivity contribution is 6.00. The Labute approximate surface area is 209 Å². The van der Waals surface area contributed by atoms with Crippen molar-refractivity contribution in [1.82, 2.24) is 29.4 Å². The van der Waals surface area contributed by atoms with Gasteiger partial charge in [-0.3, -0.25) is 9.59 Å². The second kappa shape index (κ2) is 9.30. The minimum atomic E-state index is -0.189. The van der Waals surface area contributed by atoms with E-state index in [1.807, 2.05) is 85.3 Å². The monoisotopic (exact) mass is 480 g/mol. The van der Waals surface area contributed by atoms with Crippen LogP contribution in [0.25, 0.3) is 11.3 Å². The number of nitrogens with one attached hydrogen (secondary N) is 2. The zero-order chi connectivity index (χ0) is 25.4. The third-order valence-electron chi connectivity index (χ3n) is 6.37. The fourth-order valence-corrected chi connectivity index (χ4v) is 4.59. The molecule has 0 saturated carbocycles. The van der Waals surface area contributed by atoms with Crippen LogP contribution in [-0.2, 0) is 13.1 Å². The van der Waals surface area contributed by atoms with Crippen molar-refractivity contribution in [3.05, 3.63) is 106 Å². The molecule has 8 nitrogen and oxygen atoms in total. The summed E-state index contributed by atoms with van der Waals surface area (Å²) in [5.74, 6) is -0.378. The van der Waals surface area contributed by atoms with Gasteiger partial charge in [-0.15, -0.1) is 0 Å². The number of hydrogen-bond donors (Lipinski definition) is 2. The molecule has 0 aliphatic rings. The SMILES string of the molecule is Cc1cc(C)n2ccc(C(=O)NCc3ccccc3CNC(=O)c3ccn4c(C)cc(C)nc34)c2n1. The van der Waals surface area contributed by atoms with Crippen LogP contribution in [0.4, 0.5) is 0 Å². The molecule has 0 aliphatic heterocycles. The molecule has 0 atom stereocenters. The van der Waals surface area contributed by atoms with Gasteiger partial charge in [0.15, 0.2) is 0 Å². The lowest BCUT2D eigenvalue weighted by molar-refractivity contribution is 0.0941. The molecular formula is C28H28N6O2. The Morgan fingerprint density at radius 2 is 1.11 bits per heavy atom. The van der Waals surface area contributed by atoms with Gasteiger partial charge in [-0.05, 0) is 63.1 Å². The topological polar surface area (TPSA) is 92.8 Å². The van der Waals surface area contributed by atoms with E-state index < -0.39 is 0 Å². The third-order valence-corrected chi connectivity index (χ3v) is 6.37. The Balaban J connectivity index is 1.29. The lowest BCUT2D eigenvalue weighted by Gasteiger charge is -2.12. The lowest BCUT2D eigenvalue weighted by atomic mass is 10.1. The van der Waals surface area contributed by atoms with Crippen molar-refractivity contribution in [2.75, 3.05) is 0 Å². The van der Waals surface area contributed by atoms with Gasteiger partial charge in [-0.25, -0.2) is 9.97 Å². The fraction of sp³-hybridized carbons (Fsp3) is 0.214. The maximum atomic E-state index is 13.0. The Morgan fingerprint density at radius 3 is 1.53 bits per heavy atom. The Bertz CT molecular complexity index is 1510. The van der Waals surface area contributed by atoms with Crippen molar-refractivity contribution in [1.29, 1.82) is 0 Å². The predicted octanol–water partition coefficient (Wildman–Crippen LogP) is 4.08. The molecule has 5 aromatic rings. The Hall–Kier alpha value is -4.46. The van der Waals surface area contributed by atoms with E-state index in [2.05, 4.69) is 20.6 Å². The van der Waals surface area contributed by atoms with Crippen LogP contribution in [0.3, 0.4) is 0 Å². The molecule has 4 aromatic heterocycles. The van der Waals surface area contributed by atoms with E-state index in [9.17, 15) is 9.59 Å². The van der Waals surface area contributed by atoms with Gasteiger partial charge in [-0.2, -0.15) is 0 Å². The van der Waals surface area contributed by atoms with Crippen molar-refractivity contribution < 1.29 is 9.59 Å². The van der Waals surface area contributed by atoms with Crippen LogP contribution in [0.2, 0.25) is 0 Å². The van der Waals surface area contributed by atoms with E-state index in [4.69, 9.17) is 0 Å². The second-order valence-electron chi connectivity index (χ2n) is 9.06. The molecule has 0 bridgehead atoms. The number of hydrogen-bond acceptors (Lipinski definition) is 4. The summed E-state index contributed by atoms with van der Waals surface area (Å²) in [6.07, 6.45) is 3.72. The Morgan fingerprint density at radius 1 is 0.694 bits per heavy atom. The van der Waals surface area contributed by atoms with Crippen molar-refractivity contribution >= 4 is 23.1 Å². The first-order valence-electron chi connectivity index (χ1n) is 11.9. The zero-order valence-corrected chi connectivity index (χ0v) is 20.8. The molecule has 0 unspecified atom stereocenters. The molecule has 36 heavy (non-hydrogen) atoms. The summed E-state index contributed by atoms with van der Waals surface area (Å²) in [7, 11) is 0. The van der Waals surface area contributed by atoms with Crippen LogP contribution in [-0.4, -0.2) is 30.6 Å². The zero-order valence-electron chi connectivity index (χ0n) is 20.8. The van der Waals surface area contributed by atoms with Crippen molar-refractivity contribution in [2.45, 2.75) is 40.8 Å². The lowest BCUT2D eigenvalue weighted by Crippen LogP contribution is -2.26. The number of fused-ring (bicyclic) bond motifs is 2. The summed E-state index contributed by atoms with van der Waals surface area (Å²) in [6.45, 7) is 8.49. The van der Waals surface area contributed by atoms with Crippen LogP contribution >= 0.6 is 0 Å². The van der Waals surface area contributed by atoms with E-state index in [0.29, 0.717) is 35.5 Å². The summed E-state index contributed by atoms with van der Waals surface area (Å²) in [4.78, 5) is 35.1. The summed E-state index contributed by atoms with van der Waals surface area (Å²) >= 11 is 0.